The molecule has 1 aliphatic carbocycles. The van der Waals surface area contributed by atoms with Crippen LogP contribution in [-0.2, 0) is 4.74 Å². The maximum Gasteiger partial charge on any atom is 0.0712 e. The van der Waals surface area contributed by atoms with Gasteiger partial charge < -0.3 is 15.6 Å². The summed E-state index contributed by atoms with van der Waals surface area (Å²) in [6.45, 7) is 2.66. The predicted octanol–water partition coefficient (Wildman–Crippen LogP) is 1.29. The van der Waals surface area contributed by atoms with E-state index < -0.39 is 5.60 Å². The monoisotopic (exact) mass is 201 g/mol. The first-order valence-electron chi connectivity index (χ1n) is 5.61. The lowest BCUT2D eigenvalue weighted by molar-refractivity contribution is -0.0928. The molecule has 0 amide bonds. The molecule has 3 heteroatoms. The van der Waals surface area contributed by atoms with Crippen molar-refractivity contribution >= 4 is 0 Å². The topological polar surface area (TPSA) is 55.5 Å². The number of hydrogen-bond donors (Lipinski definition) is 2. The van der Waals surface area contributed by atoms with Crippen LogP contribution in [0.1, 0.15) is 39.0 Å². The number of ether oxygens (including phenoxy) is 1. The zero-order valence-electron chi connectivity index (χ0n) is 9.33. The molecule has 1 fully saturated rings. The van der Waals surface area contributed by atoms with Crippen molar-refractivity contribution in [2.45, 2.75) is 50.7 Å². The molecule has 3 N–H and O–H groups in total. The van der Waals surface area contributed by atoms with Gasteiger partial charge in [0.1, 0.15) is 0 Å². The largest absolute Gasteiger partial charge is 0.389 e. The fourth-order valence-corrected chi connectivity index (χ4v) is 2.57. The van der Waals surface area contributed by atoms with Gasteiger partial charge in [0, 0.05) is 13.5 Å². The van der Waals surface area contributed by atoms with E-state index in [-0.39, 0.29) is 12.0 Å². The summed E-state index contributed by atoms with van der Waals surface area (Å²) < 4.78 is 5.32. The van der Waals surface area contributed by atoms with Gasteiger partial charge in [-0.1, -0.05) is 6.92 Å². The molecule has 84 valence electrons. The van der Waals surface area contributed by atoms with Crippen molar-refractivity contribution in [1.29, 1.82) is 0 Å². The minimum absolute atomic E-state index is 0.217. The lowest BCUT2D eigenvalue weighted by Gasteiger charge is -2.41. The second-order valence-electron chi connectivity index (χ2n) is 4.40. The van der Waals surface area contributed by atoms with E-state index in [1.54, 1.807) is 7.11 Å². The highest BCUT2D eigenvalue weighted by molar-refractivity contribution is 4.92. The van der Waals surface area contributed by atoms with E-state index >= 15 is 0 Å². The summed E-state index contributed by atoms with van der Waals surface area (Å²) in [5.74, 6) is 0.223. The van der Waals surface area contributed by atoms with E-state index in [9.17, 15) is 5.11 Å². The van der Waals surface area contributed by atoms with E-state index in [1.165, 1.54) is 0 Å². The maximum absolute atomic E-state index is 10.5. The third-order valence-electron chi connectivity index (χ3n) is 3.59. The van der Waals surface area contributed by atoms with Gasteiger partial charge in [0.15, 0.2) is 0 Å². The molecule has 0 aromatic heterocycles. The highest BCUT2D eigenvalue weighted by Crippen LogP contribution is 2.36. The van der Waals surface area contributed by atoms with Crippen molar-refractivity contribution in [1.82, 2.24) is 0 Å². The van der Waals surface area contributed by atoms with Crippen molar-refractivity contribution < 1.29 is 9.84 Å². The minimum Gasteiger partial charge on any atom is -0.389 e. The SMILES string of the molecule is CCC(CN)C1(O)CCCC(OC)C1. The molecule has 0 heterocycles. The van der Waals surface area contributed by atoms with Crippen LogP contribution in [0.15, 0.2) is 0 Å². The standard InChI is InChI=1S/C11H23NO2/c1-3-9(8-12)11(13)6-4-5-10(7-11)14-2/h9-10,13H,3-8,12H2,1-2H3. The summed E-state index contributed by atoms with van der Waals surface area (Å²) in [5.41, 5.74) is 5.10. The zero-order valence-corrected chi connectivity index (χ0v) is 9.33. The Balaban J connectivity index is 2.61. The lowest BCUT2D eigenvalue weighted by atomic mass is 9.73. The van der Waals surface area contributed by atoms with Crippen molar-refractivity contribution in [2.24, 2.45) is 11.7 Å². The van der Waals surface area contributed by atoms with Gasteiger partial charge in [0.05, 0.1) is 11.7 Å². The highest BCUT2D eigenvalue weighted by atomic mass is 16.5. The Labute approximate surface area is 86.6 Å². The molecule has 1 rings (SSSR count). The van der Waals surface area contributed by atoms with Crippen LogP contribution in [0.4, 0.5) is 0 Å². The molecule has 1 saturated carbocycles. The fourth-order valence-electron chi connectivity index (χ4n) is 2.57. The number of methoxy groups -OCH3 is 1. The van der Waals surface area contributed by atoms with Gasteiger partial charge in [0.2, 0.25) is 0 Å². The van der Waals surface area contributed by atoms with Crippen molar-refractivity contribution in [2.75, 3.05) is 13.7 Å². The summed E-state index contributed by atoms with van der Waals surface area (Å²) in [5, 5.41) is 10.5. The van der Waals surface area contributed by atoms with Crippen molar-refractivity contribution in [3.05, 3.63) is 0 Å². The van der Waals surface area contributed by atoms with Crippen LogP contribution in [0.25, 0.3) is 0 Å². The molecule has 0 bridgehead atoms. The Morgan fingerprint density at radius 3 is 2.86 bits per heavy atom. The number of aliphatic hydroxyl groups is 1. The Morgan fingerprint density at radius 2 is 2.36 bits per heavy atom. The zero-order chi connectivity index (χ0) is 10.6. The lowest BCUT2D eigenvalue weighted by Crippen LogP contribution is -2.47. The van der Waals surface area contributed by atoms with Crippen LogP contribution >= 0.6 is 0 Å². The Kier molecular flexibility index (Phi) is 4.35. The van der Waals surface area contributed by atoms with E-state index in [0.29, 0.717) is 6.54 Å². The molecule has 0 aliphatic heterocycles. The average Bonchev–Trinajstić information content (AvgIpc) is 2.19. The molecular formula is C11H23NO2. The molecule has 0 radical (unpaired) electrons. The molecule has 3 atom stereocenters. The minimum atomic E-state index is -0.581. The quantitative estimate of drug-likeness (QED) is 0.720. The van der Waals surface area contributed by atoms with Crippen LogP contribution in [0.3, 0.4) is 0 Å². The molecule has 3 unspecified atom stereocenters. The van der Waals surface area contributed by atoms with Gasteiger partial charge in [-0.15, -0.1) is 0 Å². The smallest absolute Gasteiger partial charge is 0.0712 e. The van der Waals surface area contributed by atoms with Gasteiger partial charge in [-0.2, -0.15) is 0 Å². The third kappa shape index (κ3) is 2.47. The first-order chi connectivity index (χ1) is 6.66. The Hall–Kier alpha value is -0.120. The molecular weight excluding hydrogens is 178 g/mol. The van der Waals surface area contributed by atoms with E-state index in [0.717, 1.165) is 32.1 Å². The molecule has 0 aromatic carbocycles. The predicted molar refractivity (Wildman–Crippen MR) is 57.1 cm³/mol. The van der Waals surface area contributed by atoms with Crippen LogP contribution in [0, 0.1) is 5.92 Å². The van der Waals surface area contributed by atoms with E-state index in [1.807, 2.05) is 0 Å². The van der Waals surface area contributed by atoms with Gasteiger partial charge >= 0.3 is 0 Å². The third-order valence-corrected chi connectivity index (χ3v) is 3.59. The summed E-state index contributed by atoms with van der Waals surface area (Å²) >= 11 is 0. The molecule has 14 heavy (non-hydrogen) atoms. The normalized spacial score (nSPS) is 35.6. The van der Waals surface area contributed by atoms with Gasteiger partial charge in [-0.05, 0) is 38.1 Å². The van der Waals surface area contributed by atoms with E-state index in [4.69, 9.17) is 10.5 Å². The molecule has 0 spiro atoms. The number of nitrogens with two attached hydrogens (primary N) is 1. The first-order valence-corrected chi connectivity index (χ1v) is 5.61. The maximum atomic E-state index is 10.5. The van der Waals surface area contributed by atoms with Crippen LogP contribution in [-0.4, -0.2) is 30.5 Å². The molecule has 3 nitrogen and oxygen atoms in total. The number of rotatable bonds is 4. The average molecular weight is 201 g/mol. The first kappa shape index (κ1) is 12.0. The molecule has 0 aromatic rings. The van der Waals surface area contributed by atoms with E-state index in [2.05, 4.69) is 6.92 Å². The van der Waals surface area contributed by atoms with Crippen LogP contribution < -0.4 is 5.73 Å². The second kappa shape index (κ2) is 5.10. The highest BCUT2D eigenvalue weighted by Gasteiger charge is 2.39. The number of hydrogen-bond acceptors (Lipinski definition) is 3. The fraction of sp³-hybridized carbons (Fsp3) is 1.00. The van der Waals surface area contributed by atoms with Crippen molar-refractivity contribution in [3.63, 3.8) is 0 Å². The van der Waals surface area contributed by atoms with Gasteiger partial charge in [-0.25, -0.2) is 0 Å². The molecule has 1 aliphatic rings. The summed E-state index contributed by atoms with van der Waals surface area (Å²) in [6.07, 6.45) is 4.91. The summed E-state index contributed by atoms with van der Waals surface area (Å²) in [6, 6.07) is 0. The summed E-state index contributed by atoms with van der Waals surface area (Å²) in [7, 11) is 1.72. The van der Waals surface area contributed by atoms with Crippen LogP contribution in [0.2, 0.25) is 0 Å². The Bertz CT molecular complexity index is 171. The van der Waals surface area contributed by atoms with Crippen LogP contribution in [0.5, 0.6) is 0 Å². The Morgan fingerprint density at radius 1 is 1.64 bits per heavy atom. The van der Waals surface area contributed by atoms with Crippen molar-refractivity contribution in [3.8, 4) is 0 Å². The molecule has 0 saturated heterocycles. The second-order valence-corrected chi connectivity index (χ2v) is 4.40. The van der Waals surface area contributed by atoms with Gasteiger partial charge in [-0.3, -0.25) is 0 Å². The summed E-state index contributed by atoms with van der Waals surface area (Å²) in [4.78, 5) is 0. The van der Waals surface area contributed by atoms with Gasteiger partial charge in [0.25, 0.3) is 0 Å².